The standard InChI is InChI=1S/C44H46O12/c1-25-31(54-34(47)21-18-27-16-19-30(20-17-27)53-29-14-10-7-11-15-29)23-44(51)39(55-40(50)28-12-8-6-9-13-28)37-42(5,38(49)36(48)35(25)41(44,3)4)32(46)22-33-43(37,24-52-33)56-26(2)45/h6-21,31-33,36-37,39,46,48,51H,22-24H2,1-5H3/b21-18+/t31-,32-,33+,36+,37-,39-,42+,43-,44+/m0/s1. The summed E-state index contributed by atoms with van der Waals surface area (Å²) in [6, 6.07) is 24.4. The Hall–Kier alpha value is -5.14. The molecule has 2 bridgehead atoms. The van der Waals surface area contributed by atoms with E-state index in [-0.39, 0.29) is 30.6 Å². The minimum absolute atomic E-state index is 0.0631. The fourth-order valence-corrected chi connectivity index (χ4v) is 9.39. The van der Waals surface area contributed by atoms with E-state index in [0.717, 1.165) is 0 Å². The van der Waals surface area contributed by atoms with Crippen molar-refractivity contribution in [2.24, 2.45) is 16.7 Å². The van der Waals surface area contributed by atoms with Crippen LogP contribution in [0.3, 0.4) is 0 Å². The zero-order chi connectivity index (χ0) is 40.2. The molecule has 3 N–H and O–H groups in total. The van der Waals surface area contributed by atoms with Gasteiger partial charge < -0.3 is 39.0 Å². The third-order valence-electron chi connectivity index (χ3n) is 12.4. The van der Waals surface area contributed by atoms with Crippen LogP contribution in [0.4, 0.5) is 0 Å². The van der Waals surface area contributed by atoms with E-state index in [2.05, 4.69) is 0 Å². The van der Waals surface area contributed by atoms with Gasteiger partial charge in [-0.2, -0.15) is 0 Å². The van der Waals surface area contributed by atoms with Gasteiger partial charge in [-0.05, 0) is 73.0 Å². The second-order valence-corrected chi connectivity index (χ2v) is 15.9. The van der Waals surface area contributed by atoms with Crippen LogP contribution in [0.25, 0.3) is 6.08 Å². The molecule has 4 aliphatic rings. The highest BCUT2D eigenvalue weighted by Crippen LogP contribution is 2.64. The topological polar surface area (TPSA) is 175 Å². The second-order valence-electron chi connectivity index (χ2n) is 15.9. The molecule has 3 fully saturated rings. The van der Waals surface area contributed by atoms with Gasteiger partial charge in [0.2, 0.25) is 0 Å². The predicted molar refractivity (Wildman–Crippen MR) is 201 cm³/mol. The molecule has 294 valence electrons. The highest BCUT2D eigenvalue weighted by atomic mass is 16.6. The quantitative estimate of drug-likeness (QED) is 0.119. The summed E-state index contributed by atoms with van der Waals surface area (Å²) in [6.07, 6.45) is -4.89. The van der Waals surface area contributed by atoms with Gasteiger partial charge in [0, 0.05) is 31.3 Å². The van der Waals surface area contributed by atoms with Gasteiger partial charge in [-0.3, -0.25) is 9.59 Å². The molecule has 12 nitrogen and oxygen atoms in total. The Labute approximate surface area is 324 Å². The number of benzene rings is 3. The number of Topliss-reactive ketones (excluding diaryl/α,β-unsaturated/α-hetero) is 1. The van der Waals surface area contributed by atoms with Gasteiger partial charge in [0.25, 0.3) is 0 Å². The molecule has 3 aromatic rings. The molecule has 7 rings (SSSR count). The highest BCUT2D eigenvalue weighted by molar-refractivity contribution is 5.94. The number of carbonyl (C=O) groups is 4. The van der Waals surface area contributed by atoms with Crippen molar-refractivity contribution in [3.63, 3.8) is 0 Å². The Bertz CT molecular complexity index is 2080. The van der Waals surface area contributed by atoms with Gasteiger partial charge in [-0.25, -0.2) is 9.59 Å². The number of hydrogen-bond acceptors (Lipinski definition) is 12. The predicted octanol–water partition coefficient (Wildman–Crippen LogP) is 5.14. The number of rotatable bonds is 8. The number of para-hydroxylation sites is 1. The van der Waals surface area contributed by atoms with Crippen molar-refractivity contribution in [1.29, 1.82) is 0 Å². The van der Waals surface area contributed by atoms with Crippen molar-refractivity contribution in [2.75, 3.05) is 6.61 Å². The first-order valence-corrected chi connectivity index (χ1v) is 18.7. The maximum atomic E-state index is 14.8. The van der Waals surface area contributed by atoms with E-state index < -0.39 is 82.2 Å². The van der Waals surface area contributed by atoms with Crippen LogP contribution >= 0.6 is 0 Å². The molecule has 56 heavy (non-hydrogen) atoms. The number of hydrogen-bond donors (Lipinski definition) is 3. The molecule has 12 heteroatoms. The van der Waals surface area contributed by atoms with E-state index in [9.17, 15) is 34.5 Å². The van der Waals surface area contributed by atoms with Gasteiger partial charge in [0.15, 0.2) is 11.4 Å². The van der Waals surface area contributed by atoms with Crippen molar-refractivity contribution in [2.45, 2.75) is 89.2 Å². The van der Waals surface area contributed by atoms with Crippen molar-refractivity contribution in [3.8, 4) is 11.5 Å². The SMILES string of the molecule is CC(=O)O[C@@]12CO[C@@H]1C[C@H](O)[C@@]1(C)C(=O)[C@H](O)C3=C(C)[C@@H](OC(=O)/C=C/c4ccc(Oc5ccccc5)cc4)C[C@@](O)([C@@H](OC(=O)c4ccccc4)[C@H]21)C3(C)C. The highest BCUT2D eigenvalue weighted by Gasteiger charge is 2.78. The molecular formula is C44H46O12. The summed E-state index contributed by atoms with van der Waals surface area (Å²) in [4.78, 5) is 55.2. The Balaban J connectivity index is 1.28. The van der Waals surface area contributed by atoms with Crippen LogP contribution in [0.15, 0.2) is 102 Å². The van der Waals surface area contributed by atoms with Gasteiger partial charge >= 0.3 is 17.9 Å². The van der Waals surface area contributed by atoms with E-state index in [0.29, 0.717) is 22.6 Å². The van der Waals surface area contributed by atoms with E-state index >= 15 is 0 Å². The largest absolute Gasteiger partial charge is 0.457 e. The third kappa shape index (κ3) is 6.34. The Morgan fingerprint density at radius 3 is 2.11 bits per heavy atom. The maximum absolute atomic E-state index is 14.8. The number of carbonyl (C=O) groups excluding carboxylic acids is 4. The Morgan fingerprint density at radius 1 is 0.875 bits per heavy atom. The Kier molecular flexibility index (Phi) is 10.1. The summed E-state index contributed by atoms with van der Waals surface area (Å²) in [5.74, 6) is -3.33. The zero-order valence-corrected chi connectivity index (χ0v) is 31.8. The number of esters is 3. The third-order valence-corrected chi connectivity index (χ3v) is 12.4. The fraction of sp³-hybridized carbons (Fsp3) is 0.409. The van der Waals surface area contributed by atoms with Crippen molar-refractivity contribution in [1.82, 2.24) is 0 Å². The summed E-state index contributed by atoms with van der Waals surface area (Å²) < 4.78 is 30.0. The molecule has 1 heterocycles. The monoisotopic (exact) mass is 766 g/mol. The number of aliphatic hydroxyl groups is 3. The molecule has 0 radical (unpaired) electrons. The van der Waals surface area contributed by atoms with Gasteiger partial charge in [0.05, 0.1) is 29.6 Å². The van der Waals surface area contributed by atoms with E-state index in [4.69, 9.17) is 23.7 Å². The normalized spacial score (nSPS) is 33.2. The first-order chi connectivity index (χ1) is 26.5. The lowest BCUT2D eigenvalue weighted by molar-refractivity contribution is -0.345. The van der Waals surface area contributed by atoms with Crippen LogP contribution in [0.5, 0.6) is 11.5 Å². The molecule has 0 aromatic heterocycles. The van der Waals surface area contributed by atoms with Crippen LogP contribution in [0.2, 0.25) is 0 Å². The molecule has 2 saturated carbocycles. The summed E-state index contributed by atoms with van der Waals surface area (Å²) in [5, 5.41) is 37.2. The lowest BCUT2D eigenvalue weighted by Gasteiger charge is -2.67. The summed E-state index contributed by atoms with van der Waals surface area (Å²) >= 11 is 0. The fourth-order valence-electron chi connectivity index (χ4n) is 9.39. The molecule has 0 spiro atoms. The molecule has 3 aromatic carbocycles. The number of fused-ring (bicyclic) bond motifs is 5. The number of ether oxygens (including phenoxy) is 5. The van der Waals surface area contributed by atoms with Crippen LogP contribution in [0.1, 0.15) is 63.4 Å². The second kappa shape index (κ2) is 14.4. The van der Waals surface area contributed by atoms with Crippen LogP contribution < -0.4 is 4.74 Å². The number of aliphatic hydroxyl groups excluding tert-OH is 2. The minimum Gasteiger partial charge on any atom is -0.457 e. The van der Waals surface area contributed by atoms with Crippen LogP contribution in [-0.4, -0.2) is 87.3 Å². The zero-order valence-electron chi connectivity index (χ0n) is 31.8. The smallest absolute Gasteiger partial charge is 0.338 e. The average molecular weight is 767 g/mol. The van der Waals surface area contributed by atoms with E-state index in [1.54, 1.807) is 69.3 Å². The summed E-state index contributed by atoms with van der Waals surface area (Å²) in [5.41, 5.74) is -6.10. The molecular weight excluding hydrogens is 720 g/mol. The minimum atomic E-state index is -2.20. The van der Waals surface area contributed by atoms with Gasteiger partial charge in [-0.1, -0.05) is 62.4 Å². The molecule has 0 amide bonds. The van der Waals surface area contributed by atoms with E-state index in [1.165, 1.54) is 32.1 Å². The van der Waals surface area contributed by atoms with Crippen molar-refractivity contribution >= 4 is 29.8 Å². The Morgan fingerprint density at radius 2 is 1.50 bits per heavy atom. The van der Waals surface area contributed by atoms with Crippen molar-refractivity contribution < 1.29 is 58.2 Å². The van der Waals surface area contributed by atoms with E-state index in [1.807, 2.05) is 30.3 Å². The number of ketones is 1. The van der Waals surface area contributed by atoms with Crippen LogP contribution in [0, 0.1) is 16.7 Å². The molecule has 1 saturated heterocycles. The lowest BCUT2D eigenvalue weighted by Crippen LogP contribution is -2.81. The van der Waals surface area contributed by atoms with Crippen LogP contribution in [-0.2, 0) is 33.3 Å². The summed E-state index contributed by atoms with van der Waals surface area (Å²) in [6.45, 7) is 7.24. The first kappa shape index (κ1) is 39.1. The maximum Gasteiger partial charge on any atom is 0.338 e. The molecule has 0 unspecified atom stereocenters. The molecule has 1 aliphatic heterocycles. The first-order valence-electron chi connectivity index (χ1n) is 18.7. The molecule has 3 aliphatic carbocycles. The molecule has 9 atom stereocenters. The van der Waals surface area contributed by atoms with Gasteiger partial charge in [-0.15, -0.1) is 0 Å². The lowest BCUT2D eigenvalue weighted by atomic mass is 9.44. The van der Waals surface area contributed by atoms with Crippen molar-refractivity contribution in [3.05, 3.63) is 113 Å². The van der Waals surface area contributed by atoms with Gasteiger partial charge in [0.1, 0.15) is 41.5 Å². The average Bonchev–Trinajstić information content (AvgIpc) is 3.16. The summed E-state index contributed by atoms with van der Waals surface area (Å²) in [7, 11) is 0.